The highest BCUT2D eigenvalue weighted by molar-refractivity contribution is 6.02. The van der Waals surface area contributed by atoms with Gasteiger partial charge in [0.15, 0.2) is 5.84 Å². The van der Waals surface area contributed by atoms with Gasteiger partial charge in [-0.15, -0.1) is 0 Å². The minimum Gasteiger partial charge on any atom is -0.409 e. The standard InChI is InChI=1S/C17H21N3O/c1-12-8-9-13(2)14(10-12)11-20(3)16-7-5-4-6-15(16)17(18)19-21/h4-10,21H,11H2,1-3H3,(H2,18,19). The first-order valence-corrected chi connectivity index (χ1v) is 6.87. The van der Waals surface area contributed by atoms with Gasteiger partial charge in [-0.25, -0.2) is 0 Å². The summed E-state index contributed by atoms with van der Waals surface area (Å²) in [6.07, 6.45) is 0. The van der Waals surface area contributed by atoms with Crippen molar-refractivity contribution in [1.29, 1.82) is 0 Å². The summed E-state index contributed by atoms with van der Waals surface area (Å²) in [6, 6.07) is 14.1. The van der Waals surface area contributed by atoms with Crippen molar-refractivity contribution in [3.8, 4) is 0 Å². The van der Waals surface area contributed by atoms with Crippen molar-refractivity contribution in [2.75, 3.05) is 11.9 Å². The van der Waals surface area contributed by atoms with Gasteiger partial charge < -0.3 is 15.8 Å². The summed E-state index contributed by atoms with van der Waals surface area (Å²) in [6.45, 7) is 4.97. The van der Waals surface area contributed by atoms with Gasteiger partial charge in [0.25, 0.3) is 0 Å². The molecule has 4 nitrogen and oxygen atoms in total. The van der Waals surface area contributed by atoms with E-state index < -0.39 is 0 Å². The van der Waals surface area contributed by atoms with Crippen LogP contribution < -0.4 is 10.6 Å². The predicted octanol–water partition coefficient (Wildman–Crippen LogP) is 3.03. The van der Waals surface area contributed by atoms with E-state index in [-0.39, 0.29) is 5.84 Å². The van der Waals surface area contributed by atoms with Crippen LogP contribution >= 0.6 is 0 Å². The predicted molar refractivity (Wildman–Crippen MR) is 87.0 cm³/mol. The first-order valence-electron chi connectivity index (χ1n) is 6.87. The molecule has 0 atom stereocenters. The summed E-state index contributed by atoms with van der Waals surface area (Å²) in [7, 11) is 2.01. The molecule has 0 saturated heterocycles. The number of benzene rings is 2. The number of aryl methyl sites for hydroxylation is 2. The number of nitrogens with two attached hydrogens (primary N) is 1. The van der Waals surface area contributed by atoms with Crippen LogP contribution in [0, 0.1) is 13.8 Å². The Hall–Kier alpha value is -2.49. The minimum absolute atomic E-state index is 0.124. The van der Waals surface area contributed by atoms with Gasteiger partial charge >= 0.3 is 0 Å². The molecule has 0 unspecified atom stereocenters. The summed E-state index contributed by atoms with van der Waals surface area (Å²) in [5, 5.41) is 12.0. The number of oxime groups is 1. The van der Waals surface area contributed by atoms with Crippen LogP contribution in [-0.4, -0.2) is 18.1 Å². The highest BCUT2D eigenvalue weighted by Gasteiger charge is 2.11. The van der Waals surface area contributed by atoms with E-state index in [1.807, 2.05) is 31.3 Å². The zero-order chi connectivity index (χ0) is 15.4. The summed E-state index contributed by atoms with van der Waals surface area (Å²) in [5.74, 6) is 0.124. The van der Waals surface area contributed by atoms with Crippen LogP contribution in [0.2, 0.25) is 0 Å². The fourth-order valence-corrected chi connectivity index (χ4v) is 2.39. The Balaban J connectivity index is 2.33. The Bertz CT molecular complexity index is 665. The molecule has 110 valence electrons. The SMILES string of the molecule is Cc1ccc(C)c(CN(C)c2ccccc2/C(N)=N/O)c1. The molecule has 0 heterocycles. The lowest BCUT2D eigenvalue weighted by molar-refractivity contribution is 0.318. The lowest BCUT2D eigenvalue weighted by Gasteiger charge is -2.23. The van der Waals surface area contributed by atoms with Gasteiger partial charge in [-0.3, -0.25) is 0 Å². The summed E-state index contributed by atoms with van der Waals surface area (Å²) >= 11 is 0. The second kappa shape index (κ2) is 6.31. The van der Waals surface area contributed by atoms with Crippen LogP contribution in [-0.2, 0) is 6.54 Å². The van der Waals surface area contributed by atoms with Gasteiger partial charge in [0.05, 0.1) is 0 Å². The van der Waals surface area contributed by atoms with Crippen LogP contribution in [0.5, 0.6) is 0 Å². The molecular formula is C17H21N3O. The molecule has 0 aliphatic heterocycles. The van der Waals surface area contributed by atoms with Crippen LogP contribution in [0.1, 0.15) is 22.3 Å². The zero-order valence-electron chi connectivity index (χ0n) is 12.7. The van der Waals surface area contributed by atoms with E-state index in [1.165, 1.54) is 16.7 Å². The second-order valence-corrected chi connectivity index (χ2v) is 5.29. The maximum atomic E-state index is 8.91. The van der Waals surface area contributed by atoms with Crippen molar-refractivity contribution in [3.63, 3.8) is 0 Å². The van der Waals surface area contributed by atoms with E-state index in [0.717, 1.165) is 17.8 Å². The van der Waals surface area contributed by atoms with E-state index >= 15 is 0 Å². The number of hydrogen-bond acceptors (Lipinski definition) is 3. The normalized spacial score (nSPS) is 11.5. The number of para-hydroxylation sites is 1. The van der Waals surface area contributed by atoms with Crippen molar-refractivity contribution in [2.24, 2.45) is 10.9 Å². The van der Waals surface area contributed by atoms with Gasteiger partial charge in [-0.05, 0) is 37.1 Å². The smallest absolute Gasteiger partial charge is 0.172 e. The van der Waals surface area contributed by atoms with Gasteiger partial charge in [-0.1, -0.05) is 41.1 Å². The molecule has 0 amide bonds. The van der Waals surface area contributed by atoms with E-state index in [4.69, 9.17) is 10.9 Å². The molecule has 0 aliphatic rings. The third-order valence-corrected chi connectivity index (χ3v) is 3.61. The number of nitrogens with zero attached hydrogens (tertiary/aromatic N) is 2. The van der Waals surface area contributed by atoms with Crippen LogP contribution in [0.15, 0.2) is 47.6 Å². The van der Waals surface area contributed by atoms with E-state index in [1.54, 1.807) is 0 Å². The molecule has 2 aromatic carbocycles. The topological polar surface area (TPSA) is 61.8 Å². The summed E-state index contributed by atoms with van der Waals surface area (Å²) in [4.78, 5) is 2.11. The molecule has 0 aromatic heterocycles. The largest absolute Gasteiger partial charge is 0.409 e. The molecule has 4 heteroatoms. The van der Waals surface area contributed by atoms with Crippen molar-refractivity contribution >= 4 is 11.5 Å². The zero-order valence-corrected chi connectivity index (χ0v) is 12.7. The third-order valence-electron chi connectivity index (χ3n) is 3.61. The van der Waals surface area contributed by atoms with E-state index in [2.05, 4.69) is 42.1 Å². The van der Waals surface area contributed by atoms with Gasteiger partial charge in [0.1, 0.15) is 0 Å². The Morgan fingerprint density at radius 2 is 1.90 bits per heavy atom. The fourth-order valence-electron chi connectivity index (χ4n) is 2.39. The molecule has 0 radical (unpaired) electrons. The van der Waals surface area contributed by atoms with Crippen molar-refractivity contribution in [2.45, 2.75) is 20.4 Å². The molecule has 0 saturated carbocycles. The van der Waals surface area contributed by atoms with Crippen molar-refractivity contribution in [1.82, 2.24) is 0 Å². The van der Waals surface area contributed by atoms with E-state index in [0.29, 0.717) is 0 Å². The lowest BCUT2D eigenvalue weighted by atomic mass is 10.0. The lowest BCUT2D eigenvalue weighted by Crippen LogP contribution is -2.23. The number of anilines is 1. The Morgan fingerprint density at radius 3 is 2.62 bits per heavy atom. The summed E-state index contributed by atoms with van der Waals surface area (Å²) < 4.78 is 0. The third kappa shape index (κ3) is 3.34. The first kappa shape index (κ1) is 14.9. The maximum absolute atomic E-state index is 8.91. The first-order chi connectivity index (χ1) is 10.0. The Morgan fingerprint density at radius 1 is 1.19 bits per heavy atom. The molecule has 0 spiro atoms. The number of amidine groups is 1. The Kier molecular flexibility index (Phi) is 4.48. The molecule has 0 fully saturated rings. The number of hydrogen-bond donors (Lipinski definition) is 2. The fraction of sp³-hybridized carbons (Fsp3) is 0.235. The molecule has 2 aromatic rings. The van der Waals surface area contributed by atoms with Crippen molar-refractivity contribution in [3.05, 3.63) is 64.7 Å². The maximum Gasteiger partial charge on any atom is 0.172 e. The average molecular weight is 283 g/mol. The number of rotatable bonds is 4. The molecule has 21 heavy (non-hydrogen) atoms. The van der Waals surface area contributed by atoms with Gasteiger partial charge in [0.2, 0.25) is 0 Å². The highest BCUT2D eigenvalue weighted by atomic mass is 16.4. The molecule has 0 bridgehead atoms. The van der Waals surface area contributed by atoms with Crippen molar-refractivity contribution < 1.29 is 5.21 Å². The van der Waals surface area contributed by atoms with Crippen LogP contribution in [0.25, 0.3) is 0 Å². The molecule has 0 aliphatic carbocycles. The van der Waals surface area contributed by atoms with Gasteiger partial charge in [-0.2, -0.15) is 0 Å². The molecular weight excluding hydrogens is 262 g/mol. The second-order valence-electron chi connectivity index (χ2n) is 5.29. The highest BCUT2D eigenvalue weighted by Crippen LogP contribution is 2.22. The molecule has 3 N–H and O–H groups in total. The van der Waals surface area contributed by atoms with E-state index in [9.17, 15) is 0 Å². The quantitative estimate of drug-likeness (QED) is 0.392. The van der Waals surface area contributed by atoms with Gasteiger partial charge in [0, 0.05) is 24.8 Å². The minimum atomic E-state index is 0.124. The molecule has 2 rings (SSSR count). The van der Waals surface area contributed by atoms with Crippen LogP contribution in [0.4, 0.5) is 5.69 Å². The average Bonchev–Trinajstić information content (AvgIpc) is 2.50. The Labute approximate surface area is 125 Å². The van der Waals surface area contributed by atoms with Crippen LogP contribution in [0.3, 0.4) is 0 Å². The summed E-state index contributed by atoms with van der Waals surface area (Å²) in [5.41, 5.74) is 11.2. The monoisotopic (exact) mass is 283 g/mol.